The van der Waals surface area contributed by atoms with Crippen LogP contribution in [0.4, 0.5) is 0 Å². The molecule has 1 heterocycles. The monoisotopic (exact) mass is 248 g/mol. The van der Waals surface area contributed by atoms with E-state index in [9.17, 15) is 0 Å². The summed E-state index contributed by atoms with van der Waals surface area (Å²) in [5.74, 6) is 1.17. The molecular formula is C14H20N2S. The largest absolute Gasteiger partial charge is 0.333 e. The molecule has 0 saturated carbocycles. The van der Waals surface area contributed by atoms with E-state index in [0.29, 0.717) is 0 Å². The predicted molar refractivity (Wildman–Crippen MR) is 75.7 cm³/mol. The van der Waals surface area contributed by atoms with Gasteiger partial charge in [-0.25, -0.2) is 4.98 Å². The Kier molecular flexibility index (Phi) is 4.49. The molecule has 2 nitrogen and oxygen atoms in total. The van der Waals surface area contributed by atoms with Gasteiger partial charge in [0, 0.05) is 5.75 Å². The maximum Gasteiger partial charge on any atom is 0.166 e. The number of unbranched alkanes of at least 4 members (excludes halogenated alkanes) is 3. The van der Waals surface area contributed by atoms with E-state index < -0.39 is 0 Å². The SMILES string of the molecule is CCCCCCSc1nc2ccc(C)cc2[nH]1. The molecule has 0 radical (unpaired) electrons. The number of aromatic amines is 1. The number of hydrogen-bond acceptors (Lipinski definition) is 2. The van der Waals surface area contributed by atoms with Gasteiger partial charge in [-0.2, -0.15) is 0 Å². The predicted octanol–water partition coefficient (Wildman–Crippen LogP) is 4.54. The maximum atomic E-state index is 4.58. The van der Waals surface area contributed by atoms with Crippen molar-refractivity contribution in [1.82, 2.24) is 9.97 Å². The molecule has 0 fully saturated rings. The summed E-state index contributed by atoms with van der Waals surface area (Å²) in [7, 11) is 0. The van der Waals surface area contributed by atoms with Crippen LogP contribution >= 0.6 is 11.8 Å². The van der Waals surface area contributed by atoms with Crippen LogP contribution in [0.15, 0.2) is 23.4 Å². The first kappa shape index (κ1) is 12.5. The van der Waals surface area contributed by atoms with Crippen LogP contribution in [0, 0.1) is 6.92 Å². The highest BCUT2D eigenvalue weighted by molar-refractivity contribution is 7.99. The number of fused-ring (bicyclic) bond motifs is 1. The van der Waals surface area contributed by atoms with Gasteiger partial charge < -0.3 is 4.98 Å². The van der Waals surface area contributed by atoms with Crippen molar-refractivity contribution < 1.29 is 0 Å². The molecule has 17 heavy (non-hydrogen) atoms. The first-order valence-electron chi connectivity index (χ1n) is 6.39. The van der Waals surface area contributed by atoms with Gasteiger partial charge in [0.1, 0.15) is 0 Å². The van der Waals surface area contributed by atoms with Crippen LogP contribution in [0.5, 0.6) is 0 Å². The Morgan fingerprint density at radius 2 is 2.12 bits per heavy atom. The fraction of sp³-hybridized carbons (Fsp3) is 0.500. The number of nitrogens with one attached hydrogen (secondary N) is 1. The molecule has 1 aromatic carbocycles. The quantitative estimate of drug-likeness (QED) is 0.600. The van der Waals surface area contributed by atoms with Gasteiger partial charge in [0.15, 0.2) is 5.16 Å². The fourth-order valence-corrected chi connectivity index (χ4v) is 2.75. The second kappa shape index (κ2) is 6.10. The van der Waals surface area contributed by atoms with E-state index in [1.165, 1.54) is 37.0 Å². The van der Waals surface area contributed by atoms with E-state index in [4.69, 9.17) is 0 Å². The lowest BCUT2D eigenvalue weighted by atomic mass is 10.2. The summed E-state index contributed by atoms with van der Waals surface area (Å²) >= 11 is 1.84. The van der Waals surface area contributed by atoms with Gasteiger partial charge in [-0.1, -0.05) is 44.0 Å². The summed E-state index contributed by atoms with van der Waals surface area (Å²) in [4.78, 5) is 7.96. The third kappa shape index (κ3) is 3.50. The van der Waals surface area contributed by atoms with Crippen LogP contribution in [-0.2, 0) is 0 Å². The van der Waals surface area contributed by atoms with Crippen molar-refractivity contribution in [3.05, 3.63) is 23.8 Å². The zero-order valence-electron chi connectivity index (χ0n) is 10.6. The van der Waals surface area contributed by atoms with Gasteiger partial charge in [-0.15, -0.1) is 0 Å². The number of hydrogen-bond donors (Lipinski definition) is 1. The highest BCUT2D eigenvalue weighted by Gasteiger charge is 2.02. The molecule has 0 aliphatic carbocycles. The standard InChI is InChI=1S/C14H20N2S/c1-3-4-5-6-9-17-14-15-12-8-7-11(2)10-13(12)16-14/h7-8,10H,3-6,9H2,1-2H3,(H,15,16). The van der Waals surface area contributed by atoms with Gasteiger partial charge >= 0.3 is 0 Å². The number of thioether (sulfide) groups is 1. The molecule has 0 unspecified atom stereocenters. The number of nitrogens with zero attached hydrogens (tertiary/aromatic N) is 1. The molecule has 1 aromatic heterocycles. The van der Waals surface area contributed by atoms with Gasteiger partial charge in [-0.05, 0) is 31.0 Å². The van der Waals surface area contributed by atoms with Crippen LogP contribution in [0.25, 0.3) is 11.0 Å². The summed E-state index contributed by atoms with van der Waals surface area (Å²) in [6.07, 6.45) is 5.27. The molecule has 0 spiro atoms. The summed E-state index contributed by atoms with van der Waals surface area (Å²) < 4.78 is 0. The molecule has 0 bridgehead atoms. The Morgan fingerprint density at radius 3 is 2.94 bits per heavy atom. The molecule has 2 aromatic rings. The van der Waals surface area contributed by atoms with Crippen molar-refractivity contribution in [3.63, 3.8) is 0 Å². The minimum Gasteiger partial charge on any atom is -0.333 e. The van der Waals surface area contributed by atoms with Crippen molar-refractivity contribution in [2.45, 2.75) is 44.7 Å². The number of H-pyrrole nitrogens is 1. The first-order valence-corrected chi connectivity index (χ1v) is 7.37. The fourth-order valence-electron chi connectivity index (χ4n) is 1.87. The molecule has 2 rings (SSSR count). The Labute approximate surface area is 107 Å². The number of aromatic nitrogens is 2. The van der Waals surface area contributed by atoms with Crippen molar-refractivity contribution in [2.24, 2.45) is 0 Å². The highest BCUT2D eigenvalue weighted by Crippen LogP contribution is 2.21. The van der Waals surface area contributed by atoms with Gasteiger partial charge in [-0.3, -0.25) is 0 Å². The van der Waals surface area contributed by atoms with Gasteiger partial charge in [0.05, 0.1) is 11.0 Å². The van der Waals surface area contributed by atoms with Gasteiger partial charge in [0.2, 0.25) is 0 Å². The Balaban J connectivity index is 1.91. The molecule has 1 N–H and O–H groups in total. The smallest absolute Gasteiger partial charge is 0.166 e. The van der Waals surface area contributed by atoms with Crippen LogP contribution in [-0.4, -0.2) is 15.7 Å². The highest BCUT2D eigenvalue weighted by atomic mass is 32.2. The van der Waals surface area contributed by atoms with E-state index in [1.54, 1.807) is 0 Å². The zero-order chi connectivity index (χ0) is 12.1. The average molecular weight is 248 g/mol. The van der Waals surface area contributed by atoms with Crippen LogP contribution < -0.4 is 0 Å². The van der Waals surface area contributed by atoms with E-state index in [1.807, 2.05) is 11.8 Å². The number of benzene rings is 1. The lowest BCUT2D eigenvalue weighted by molar-refractivity contribution is 0.706. The van der Waals surface area contributed by atoms with Crippen molar-refractivity contribution in [1.29, 1.82) is 0 Å². The van der Waals surface area contributed by atoms with E-state index in [0.717, 1.165) is 16.2 Å². The summed E-state index contributed by atoms with van der Waals surface area (Å²) in [6.45, 7) is 4.35. The normalized spacial score (nSPS) is 11.2. The Bertz CT molecular complexity index is 476. The lowest BCUT2D eigenvalue weighted by Gasteiger charge is -1.97. The lowest BCUT2D eigenvalue weighted by Crippen LogP contribution is -1.82. The second-order valence-electron chi connectivity index (χ2n) is 4.47. The molecule has 92 valence electrons. The zero-order valence-corrected chi connectivity index (χ0v) is 11.4. The Morgan fingerprint density at radius 1 is 1.24 bits per heavy atom. The number of rotatable bonds is 6. The second-order valence-corrected chi connectivity index (χ2v) is 5.56. The van der Waals surface area contributed by atoms with Crippen LogP contribution in [0.3, 0.4) is 0 Å². The molecule has 0 atom stereocenters. The minimum atomic E-state index is 1.06. The average Bonchev–Trinajstić information content (AvgIpc) is 2.70. The minimum absolute atomic E-state index is 1.06. The van der Waals surface area contributed by atoms with Crippen LogP contribution in [0.1, 0.15) is 38.2 Å². The Hall–Kier alpha value is -0.960. The van der Waals surface area contributed by atoms with E-state index in [-0.39, 0.29) is 0 Å². The summed E-state index contributed by atoms with van der Waals surface area (Å²) in [5, 5.41) is 1.06. The summed E-state index contributed by atoms with van der Waals surface area (Å²) in [5.41, 5.74) is 3.51. The topological polar surface area (TPSA) is 28.7 Å². The molecule has 3 heteroatoms. The third-order valence-corrected chi connectivity index (χ3v) is 3.81. The van der Waals surface area contributed by atoms with Gasteiger partial charge in [0.25, 0.3) is 0 Å². The van der Waals surface area contributed by atoms with E-state index >= 15 is 0 Å². The molecule has 0 saturated heterocycles. The van der Waals surface area contributed by atoms with Crippen molar-refractivity contribution in [3.8, 4) is 0 Å². The van der Waals surface area contributed by atoms with Crippen molar-refractivity contribution in [2.75, 3.05) is 5.75 Å². The molecular weight excluding hydrogens is 228 g/mol. The first-order chi connectivity index (χ1) is 8.29. The third-order valence-electron chi connectivity index (χ3n) is 2.85. The molecule has 0 aliphatic heterocycles. The number of imidazole rings is 1. The van der Waals surface area contributed by atoms with E-state index in [2.05, 4.69) is 42.0 Å². The number of aryl methyl sites for hydroxylation is 1. The molecule has 0 aliphatic rings. The summed E-state index contributed by atoms with van der Waals surface area (Å²) in [6, 6.07) is 6.35. The maximum absolute atomic E-state index is 4.58. The van der Waals surface area contributed by atoms with Crippen molar-refractivity contribution >= 4 is 22.8 Å². The molecule has 0 amide bonds. The van der Waals surface area contributed by atoms with Crippen LogP contribution in [0.2, 0.25) is 0 Å².